The van der Waals surface area contributed by atoms with Crippen molar-refractivity contribution in [3.8, 4) is 0 Å². The molecule has 2 rings (SSSR count). The van der Waals surface area contributed by atoms with Crippen LogP contribution in [0.1, 0.15) is 24.1 Å². The van der Waals surface area contributed by atoms with Gasteiger partial charge in [-0.3, -0.25) is 9.97 Å². The summed E-state index contributed by atoms with van der Waals surface area (Å²) in [6.45, 7) is 3.12. The number of nitrogens with zero attached hydrogens (tertiary/aromatic N) is 2. The second-order valence-electron chi connectivity index (χ2n) is 4.07. The van der Waals surface area contributed by atoms with E-state index in [1.54, 1.807) is 6.20 Å². The highest BCUT2D eigenvalue weighted by molar-refractivity contribution is 5.14. The Bertz CT molecular complexity index is 428. The molecular weight excluding hydrogens is 210 g/mol. The second-order valence-corrected chi connectivity index (χ2v) is 4.07. The summed E-state index contributed by atoms with van der Waals surface area (Å²) in [7, 11) is 0. The van der Waals surface area contributed by atoms with Crippen molar-refractivity contribution in [2.75, 3.05) is 6.54 Å². The topological polar surface area (TPSA) is 37.8 Å². The van der Waals surface area contributed by atoms with E-state index in [9.17, 15) is 0 Å². The van der Waals surface area contributed by atoms with Crippen LogP contribution >= 0.6 is 0 Å². The molecule has 0 fully saturated rings. The first-order chi connectivity index (χ1) is 8.36. The van der Waals surface area contributed by atoms with Crippen LogP contribution in [0.2, 0.25) is 0 Å². The molecule has 88 valence electrons. The molecule has 1 unspecified atom stereocenters. The molecule has 0 aliphatic carbocycles. The Hall–Kier alpha value is -1.74. The number of pyridine rings is 2. The molecule has 1 N–H and O–H groups in total. The van der Waals surface area contributed by atoms with Crippen molar-refractivity contribution in [1.82, 2.24) is 15.3 Å². The molecule has 0 aliphatic rings. The van der Waals surface area contributed by atoms with E-state index in [0.29, 0.717) is 6.04 Å². The Morgan fingerprint density at radius 1 is 1.12 bits per heavy atom. The molecule has 3 nitrogen and oxygen atoms in total. The maximum Gasteiger partial charge on any atom is 0.0300 e. The molecule has 0 aliphatic heterocycles. The van der Waals surface area contributed by atoms with Gasteiger partial charge in [0.15, 0.2) is 0 Å². The van der Waals surface area contributed by atoms with E-state index in [1.165, 1.54) is 11.1 Å². The van der Waals surface area contributed by atoms with Crippen molar-refractivity contribution in [2.24, 2.45) is 0 Å². The van der Waals surface area contributed by atoms with Gasteiger partial charge in [-0.1, -0.05) is 6.07 Å². The van der Waals surface area contributed by atoms with E-state index >= 15 is 0 Å². The van der Waals surface area contributed by atoms with Crippen LogP contribution in [0.3, 0.4) is 0 Å². The monoisotopic (exact) mass is 227 g/mol. The first-order valence-corrected chi connectivity index (χ1v) is 5.88. The third-order valence-electron chi connectivity index (χ3n) is 2.79. The zero-order valence-electron chi connectivity index (χ0n) is 10.0. The van der Waals surface area contributed by atoms with E-state index in [-0.39, 0.29) is 0 Å². The summed E-state index contributed by atoms with van der Waals surface area (Å²) >= 11 is 0. The minimum absolute atomic E-state index is 0.356. The molecule has 2 aromatic rings. The number of nitrogens with one attached hydrogen (secondary N) is 1. The average molecular weight is 227 g/mol. The SMILES string of the molecule is CC(NCCc1cccnc1)c1ccncc1. The summed E-state index contributed by atoms with van der Waals surface area (Å²) in [5, 5.41) is 3.49. The fourth-order valence-corrected chi connectivity index (χ4v) is 1.75. The predicted molar refractivity (Wildman–Crippen MR) is 68.6 cm³/mol. The van der Waals surface area contributed by atoms with Crippen molar-refractivity contribution in [2.45, 2.75) is 19.4 Å². The smallest absolute Gasteiger partial charge is 0.0300 e. The molecule has 0 amide bonds. The van der Waals surface area contributed by atoms with Gasteiger partial charge in [-0.15, -0.1) is 0 Å². The van der Waals surface area contributed by atoms with Crippen LogP contribution in [0.5, 0.6) is 0 Å². The number of aromatic nitrogens is 2. The normalized spacial score (nSPS) is 12.3. The lowest BCUT2D eigenvalue weighted by Crippen LogP contribution is -2.21. The minimum Gasteiger partial charge on any atom is -0.310 e. The molecule has 2 aromatic heterocycles. The Morgan fingerprint density at radius 2 is 1.94 bits per heavy atom. The lowest BCUT2D eigenvalue weighted by molar-refractivity contribution is 0.576. The van der Waals surface area contributed by atoms with Gasteiger partial charge in [0.05, 0.1) is 0 Å². The minimum atomic E-state index is 0.356. The lowest BCUT2D eigenvalue weighted by atomic mass is 10.1. The summed E-state index contributed by atoms with van der Waals surface area (Å²) in [5.74, 6) is 0. The number of hydrogen-bond donors (Lipinski definition) is 1. The maximum absolute atomic E-state index is 4.10. The first kappa shape index (κ1) is 11.7. The highest BCUT2D eigenvalue weighted by Crippen LogP contribution is 2.09. The molecule has 0 bridgehead atoms. The van der Waals surface area contributed by atoms with Gasteiger partial charge in [0.25, 0.3) is 0 Å². The zero-order chi connectivity index (χ0) is 11.9. The molecule has 3 heteroatoms. The van der Waals surface area contributed by atoms with Crippen LogP contribution in [0.15, 0.2) is 49.1 Å². The predicted octanol–water partition coefficient (Wildman–Crippen LogP) is 2.37. The molecule has 1 atom stereocenters. The highest BCUT2D eigenvalue weighted by Gasteiger charge is 2.03. The zero-order valence-corrected chi connectivity index (χ0v) is 10.0. The Morgan fingerprint density at radius 3 is 2.65 bits per heavy atom. The van der Waals surface area contributed by atoms with Crippen molar-refractivity contribution >= 4 is 0 Å². The van der Waals surface area contributed by atoms with Gasteiger partial charge in [-0.05, 0) is 49.2 Å². The summed E-state index contributed by atoms with van der Waals surface area (Å²) in [4.78, 5) is 8.12. The summed E-state index contributed by atoms with van der Waals surface area (Å²) in [6.07, 6.45) is 8.38. The van der Waals surface area contributed by atoms with Crippen molar-refractivity contribution in [3.05, 3.63) is 60.2 Å². The summed E-state index contributed by atoms with van der Waals surface area (Å²) in [6, 6.07) is 8.52. The van der Waals surface area contributed by atoms with E-state index in [4.69, 9.17) is 0 Å². The van der Waals surface area contributed by atoms with Gasteiger partial charge in [0.2, 0.25) is 0 Å². The van der Waals surface area contributed by atoms with Crippen molar-refractivity contribution < 1.29 is 0 Å². The van der Waals surface area contributed by atoms with Crippen LogP contribution in [0.25, 0.3) is 0 Å². The third-order valence-corrected chi connectivity index (χ3v) is 2.79. The van der Waals surface area contributed by atoms with Gasteiger partial charge in [-0.2, -0.15) is 0 Å². The van der Waals surface area contributed by atoms with Crippen LogP contribution in [-0.4, -0.2) is 16.5 Å². The van der Waals surface area contributed by atoms with Crippen LogP contribution in [-0.2, 0) is 6.42 Å². The number of hydrogen-bond acceptors (Lipinski definition) is 3. The number of rotatable bonds is 5. The Balaban J connectivity index is 1.79. The van der Waals surface area contributed by atoms with E-state index in [2.05, 4.69) is 28.3 Å². The van der Waals surface area contributed by atoms with E-state index in [0.717, 1.165) is 13.0 Å². The van der Waals surface area contributed by atoms with Crippen LogP contribution in [0, 0.1) is 0 Å². The van der Waals surface area contributed by atoms with Crippen molar-refractivity contribution in [3.63, 3.8) is 0 Å². The lowest BCUT2D eigenvalue weighted by Gasteiger charge is -2.13. The molecule has 17 heavy (non-hydrogen) atoms. The first-order valence-electron chi connectivity index (χ1n) is 5.88. The molecule has 0 saturated heterocycles. The van der Waals surface area contributed by atoms with E-state index < -0.39 is 0 Å². The van der Waals surface area contributed by atoms with Gasteiger partial charge >= 0.3 is 0 Å². The van der Waals surface area contributed by atoms with Gasteiger partial charge in [-0.25, -0.2) is 0 Å². The summed E-state index contributed by atoms with van der Waals surface area (Å²) < 4.78 is 0. The molecule has 2 heterocycles. The standard InChI is InChI=1S/C14H17N3/c1-12(14-5-8-15-9-6-14)17-10-4-13-3-2-7-16-11-13/h2-3,5-9,11-12,17H,4,10H2,1H3. The molecule has 0 aromatic carbocycles. The van der Waals surface area contributed by atoms with Gasteiger partial charge < -0.3 is 5.32 Å². The highest BCUT2D eigenvalue weighted by atomic mass is 14.9. The third kappa shape index (κ3) is 3.64. The molecular formula is C14H17N3. The molecule has 0 spiro atoms. The van der Waals surface area contributed by atoms with Crippen LogP contribution < -0.4 is 5.32 Å². The molecule has 0 radical (unpaired) electrons. The maximum atomic E-state index is 4.10. The molecule has 0 saturated carbocycles. The van der Waals surface area contributed by atoms with E-state index in [1.807, 2.05) is 36.8 Å². The van der Waals surface area contributed by atoms with Crippen LogP contribution in [0.4, 0.5) is 0 Å². The quantitative estimate of drug-likeness (QED) is 0.852. The van der Waals surface area contributed by atoms with Crippen molar-refractivity contribution in [1.29, 1.82) is 0 Å². The van der Waals surface area contributed by atoms with Gasteiger partial charge in [0.1, 0.15) is 0 Å². The Labute approximate surface area is 102 Å². The average Bonchev–Trinajstić information content (AvgIpc) is 2.41. The summed E-state index contributed by atoms with van der Waals surface area (Å²) in [5.41, 5.74) is 2.54. The Kier molecular flexibility index (Phi) is 4.22. The second kappa shape index (κ2) is 6.11. The largest absolute Gasteiger partial charge is 0.310 e. The fraction of sp³-hybridized carbons (Fsp3) is 0.286. The van der Waals surface area contributed by atoms with Gasteiger partial charge in [0, 0.05) is 30.8 Å². The fourth-order valence-electron chi connectivity index (χ4n) is 1.75.